The van der Waals surface area contributed by atoms with Crippen molar-refractivity contribution >= 4 is 23.6 Å². The summed E-state index contributed by atoms with van der Waals surface area (Å²) in [6, 6.07) is 31.1. The van der Waals surface area contributed by atoms with Gasteiger partial charge in [0.15, 0.2) is 0 Å². The molecule has 4 amide bonds. The normalized spacial score (nSPS) is 17.3. The molecule has 72 heavy (non-hydrogen) atoms. The molecule has 16 nitrogen and oxygen atoms in total. The lowest BCUT2D eigenvalue weighted by atomic mass is 9.87. The summed E-state index contributed by atoms with van der Waals surface area (Å²) in [5.74, 6) is 1.65. The molecule has 0 saturated carbocycles. The molecule has 8 heterocycles. The van der Waals surface area contributed by atoms with Crippen LogP contribution in [-0.2, 0) is 22.8 Å². The first-order chi connectivity index (χ1) is 35.3. The fourth-order valence-corrected chi connectivity index (χ4v) is 10.5. The molecule has 4 aromatic heterocycles. The van der Waals surface area contributed by atoms with Gasteiger partial charge in [0.1, 0.15) is 48.4 Å². The molecule has 2 saturated heterocycles. The molecular formula is C56H48N10O6. The summed E-state index contributed by atoms with van der Waals surface area (Å²) in [6.45, 7) is 1.69. The maximum atomic E-state index is 14.4. The minimum atomic E-state index is -0.902. The largest absolute Gasteiger partial charge is 0.488 e. The van der Waals surface area contributed by atoms with E-state index in [9.17, 15) is 19.2 Å². The number of aromatic amines is 2. The SMILES string of the molecule is O=C(NC(C(=O)N1CCCC1c1ncc(-c2cc3c4c(c2)OCc2cc(-c5cnc(C6CCCN6C(=O)C(NC(=O)c6cccnc6)c6ccccc6)[nH]5)cc(c2-4)OC3)[nH]1)c1ccccc1)c1cccnc1. The van der Waals surface area contributed by atoms with Gasteiger partial charge < -0.3 is 39.9 Å². The number of carbonyl (C=O) groups excluding carboxylic acids is 4. The van der Waals surface area contributed by atoms with E-state index in [1.807, 2.05) is 82.6 Å². The second-order valence-electron chi connectivity index (χ2n) is 18.5. The van der Waals surface area contributed by atoms with Crippen LogP contribution in [0.2, 0.25) is 0 Å². The Labute approximate surface area is 413 Å². The van der Waals surface area contributed by atoms with Gasteiger partial charge in [-0.15, -0.1) is 0 Å². The fourth-order valence-electron chi connectivity index (χ4n) is 10.5. The van der Waals surface area contributed by atoms with Gasteiger partial charge in [0.2, 0.25) is 11.8 Å². The molecule has 358 valence electrons. The van der Waals surface area contributed by atoms with Crippen LogP contribution in [0.4, 0.5) is 0 Å². The summed E-state index contributed by atoms with van der Waals surface area (Å²) in [7, 11) is 0. The number of rotatable bonds is 12. The molecule has 8 aromatic rings. The lowest BCUT2D eigenvalue weighted by molar-refractivity contribution is -0.135. The van der Waals surface area contributed by atoms with Crippen molar-refractivity contribution in [3.63, 3.8) is 0 Å². The zero-order valence-corrected chi connectivity index (χ0v) is 39.0. The van der Waals surface area contributed by atoms with Crippen LogP contribution in [0.25, 0.3) is 33.6 Å². The van der Waals surface area contributed by atoms with E-state index in [-0.39, 0.29) is 35.7 Å². The number of aromatic nitrogens is 6. The number of likely N-dealkylation sites (tertiary alicyclic amines) is 2. The number of nitrogens with one attached hydrogen (secondary N) is 4. The molecule has 4 unspecified atom stereocenters. The van der Waals surface area contributed by atoms with Crippen molar-refractivity contribution in [3.05, 3.63) is 191 Å². The van der Waals surface area contributed by atoms with Crippen molar-refractivity contribution in [2.75, 3.05) is 13.1 Å². The highest BCUT2D eigenvalue weighted by Gasteiger charge is 2.39. The van der Waals surface area contributed by atoms with E-state index in [1.165, 1.54) is 12.4 Å². The average Bonchev–Trinajstić information content (AvgIpc) is 4.30. The summed E-state index contributed by atoms with van der Waals surface area (Å²) in [5.41, 5.74) is 9.40. The number of hydrogen-bond acceptors (Lipinski definition) is 10. The van der Waals surface area contributed by atoms with E-state index in [2.05, 4.69) is 42.7 Å². The Bertz CT molecular complexity index is 3070. The number of carbonyl (C=O) groups is 4. The number of pyridine rings is 2. The van der Waals surface area contributed by atoms with Gasteiger partial charge in [-0.2, -0.15) is 0 Å². The third kappa shape index (κ3) is 8.29. The third-order valence-electron chi connectivity index (χ3n) is 14.1. The maximum absolute atomic E-state index is 14.4. The minimum Gasteiger partial charge on any atom is -0.488 e. The molecule has 2 fully saturated rings. The zero-order chi connectivity index (χ0) is 48.7. The van der Waals surface area contributed by atoms with Gasteiger partial charge in [0.25, 0.3) is 11.8 Å². The molecule has 4 atom stereocenters. The second-order valence-corrected chi connectivity index (χ2v) is 18.5. The van der Waals surface area contributed by atoms with Gasteiger partial charge in [-0.05, 0) is 85.3 Å². The van der Waals surface area contributed by atoms with Gasteiger partial charge in [0.05, 0.1) is 47.0 Å². The van der Waals surface area contributed by atoms with Crippen molar-refractivity contribution in [2.24, 2.45) is 0 Å². The number of ether oxygens (including phenoxy) is 2. The molecule has 0 bridgehead atoms. The Kier molecular flexibility index (Phi) is 11.5. The van der Waals surface area contributed by atoms with Crippen molar-refractivity contribution in [3.8, 4) is 45.1 Å². The molecular weight excluding hydrogens is 909 g/mol. The number of imidazole rings is 2. The minimum absolute atomic E-state index is 0.209. The van der Waals surface area contributed by atoms with Gasteiger partial charge in [0, 0.05) is 71.3 Å². The molecule has 4 aliphatic heterocycles. The molecule has 16 heteroatoms. The first-order valence-electron chi connectivity index (χ1n) is 24.2. The van der Waals surface area contributed by atoms with E-state index >= 15 is 0 Å². The van der Waals surface area contributed by atoms with E-state index in [1.54, 1.807) is 49.1 Å². The standard InChI is InChI=1S/C56H48N10O6/c67-53(35-15-7-19-57-27-35)63-49(33-11-3-1-4-12-33)55(69)65-21-9-17-43(65)51-59-29-41(61-51)37-23-39-31-72-46-26-38(24-40-32-71-45(25-37)47(39)48(40)46)42-30-60-52(62-42)44-18-10-22-66(44)56(70)50(34-13-5-2-6-14-34)64-54(68)36-16-8-20-58-28-36/h1-8,11-16,19-20,23-30,43-44,49-50H,9-10,17-18,21-22,31-32H2,(H,59,61)(H,60,62)(H,63,67)(H,64,68). The first kappa shape index (κ1) is 44.3. The van der Waals surface area contributed by atoms with E-state index in [0.717, 1.165) is 69.1 Å². The Morgan fingerprint density at radius 1 is 0.556 bits per heavy atom. The van der Waals surface area contributed by atoms with Crippen LogP contribution in [0.5, 0.6) is 11.5 Å². The van der Waals surface area contributed by atoms with Crippen molar-refractivity contribution in [1.29, 1.82) is 0 Å². The molecule has 4 aliphatic rings. The van der Waals surface area contributed by atoms with E-state index in [0.29, 0.717) is 73.0 Å². The quantitative estimate of drug-likeness (QED) is 0.0922. The summed E-state index contributed by atoms with van der Waals surface area (Å²) in [4.78, 5) is 84.0. The molecule has 12 rings (SSSR count). The molecule has 0 spiro atoms. The molecule has 0 radical (unpaired) electrons. The van der Waals surface area contributed by atoms with Crippen LogP contribution >= 0.6 is 0 Å². The predicted octanol–water partition coefficient (Wildman–Crippen LogP) is 8.38. The molecule has 4 N–H and O–H groups in total. The van der Waals surface area contributed by atoms with Crippen LogP contribution in [-0.4, -0.2) is 76.4 Å². The van der Waals surface area contributed by atoms with Crippen molar-refractivity contribution < 1.29 is 28.7 Å². The summed E-state index contributed by atoms with van der Waals surface area (Å²) < 4.78 is 13.0. The topological polar surface area (TPSA) is 200 Å². The average molecular weight is 957 g/mol. The number of hydrogen-bond donors (Lipinski definition) is 4. The smallest absolute Gasteiger partial charge is 0.253 e. The van der Waals surface area contributed by atoms with E-state index < -0.39 is 12.1 Å². The van der Waals surface area contributed by atoms with Crippen LogP contribution in [0.1, 0.15) is 104 Å². The number of nitrogens with zero attached hydrogens (tertiary/aromatic N) is 6. The summed E-state index contributed by atoms with van der Waals surface area (Å²) in [6.07, 6.45) is 12.8. The van der Waals surface area contributed by atoms with Crippen LogP contribution in [0.3, 0.4) is 0 Å². The predicted molar refractivity (Wildman–Crippen MR) is 265 cm³/mol. The maximum Gasteiger partial charge on any atom is 0.253 e. The second kappa shape index (κ2) is 18.8. The molecule has 4 aromatic carbocycles. The van der Waals surface area contributed by atoms with Crippen LogP contribution in [0, 0.1) is 0 Å². The summed E-state index contributed by atoms with van der Waals surface area (Å²) >= 11 is 0. The first-order valence-corrected chi connectivity index (χ1v) is 24.2. The Balaban J connectivity index is 0.769. The number of amides is 4. The van der Waals surface area contributed by atoms with Gasteiger partial charge in [-0.1, -0.05) is 60.7 Å². The summed E-state index contributed by atoms with van der Waals surface area (Å²) in [5, 5.41) is 5.94. The van der Waals surface area contributed by atoms with Crippen molar-refractivity contribution in [1.82, 2.24) is 50.3 Å². The van der Waals surface area contributed by atoms with E-state index in [4.69, 9.17) is 19.4 Å². The number of H-pyrrole nitrogens is 2. The lowest BCUT2D eigenvalue weighted by Crippen LogP contribution is -2.43. The lowest BCUT2D eigenvalue weighted by Gasteiger charge is -2.30. The Morgan fingerprint density at radius 2 is 1.00 bits per heavy atom. The number of benzene rings is 4. The van der Waals surface area contributed by atoms with Crippen molar-refractivity contribution in [2.45, 2.75) is 63.1 Å². The molecule has 0 aliphatic carbocycles. The zero-order valence-electron chi connectivity index (χ0n) is 39.0. The Morgan fingerprint density at radius 3 is 1.42 bits per heavy atom. The fraction of sp³-hybridized carbons (Fsp3) is 0.214. The van der Waals surface area contributed by atoms with Gasteiger partial charge in [-0.3, -0.25) is 29.1 Å². The highest BCUT2D eigenvalue weighted by molar-refractivity contribution is 5.99. The highest BCUT2D eigenvalue weighted by atomic mass is 16.5. The van der Waals surface area contributed by atoms with Crippen LogP contribution < -0.4 is 20.1 Å². The van der Waals surface area contributed by atoms with Gasteiger partial charge >= 0.3 is 0 Å². The monoisotopic (exact) mass is 956 g/mol. The highest BCUT2D eigenvalue weighted by Crippen LogP contribution is 2.51. The van der Waals surface area contributed by atoms with Gasteiger partial charge in [-0.25, -0.2) is 9.97 Å². The van der Waals surface area contributed by atoms with Crippen LogP contribution in [0.15, 0.2) is 146 Å². The Hall–Kier alpha value is -8.92. The third-order valence-corrected chi connectivity index (χ3v) is 14.1.